The summed E-state index contributed by atoms with van der Waals surface area (Å²) in [6.45, 7) is 3.74. The summed E-state index contributed by atoms with van der Waals surface area (Å²) in [7, 11) is -3.26. The molecule has 1 amide bonds. The zero-order chi connectivity index (χ0) is 15.9. The van der Waals surface area contributed by atoms with Gasteiger partial charge in [0.25, 0.3) is 0 Å². The summed E-state index contributed by atoms with van der Waals surface area (Å²) in [5, 5.41) is 0. The molecule has 0 saturated carbocycles. The van der Waals surface area contributed by atoms with Crippen molar-refractivity contribution in [1.82, 2.24) is 9.62 Å². The molecule has 1 N–H and O–H groups in total. The monoisotopic (exact) mass is 316 g/mol. The van der Waals surface area contributed by atoms with Crippen LogP contribution in [0.2, 0.25) is 0 Å². The SMILES string of the molecule is CCS(=O)(=O)NCCN(CCc1ccccc1F)C(C)=O. The van der Waals surface area contributed by atoms with Crippen LogP contribution in [0.4, 0.5) is 4.39 Å². The number of carbonyl (C=O) groups is 1. The van der Waals surface area contributed by atoms with E-state index in [9.17, 15) is 17.6 Å². The van der Waals surface area contributed by atoms with Crippen molar-refractivity contribution in [3.8, 4) is 0 Å². The fraction of sp³-hybridized carbons (Fsp3) is 0.500. The number of hydrogen-bond acceptors (Lipinski definition) is 3. The molecule has 5 nitrogen and oxygen atoms in total. The lowest BCUT2D eigenvalue weighted by molar-refractivity contribution is -0.128. The van der Waals surface area contributed by atoms with Gasteiger partial charge in [-0.25, -0.2) is 17.5 Å². The van der Waals surface area contributed by atoms with Crippen LogP contribution in [0.3, 0.4) is 0 Å². The van der Waals surface area contributed by atoms with Crippen LogP contribution >= 0.6 is 0 Å². The standard InChI is InChI=1S/C14H21FN2O3S/c1-3-21(19,20)16-9-11-17(12(2)18)10-8-13-6-4-5-7-14(13)15/h4-7,16H,3,8-11H2,1-2H3. The minimum absolute atomic E-state index is 0.00228. The fourth-order valence-electron chi connectivity index (χ4n) is 1.82. The lowest BCUT2D eigenvalue weighted by Gasteiger charge is -2.21. The van der Waals surface area contributed by atoms with E-state index < -0.39 is 10.0 Å². The van der Waals surface area contributed by atoms with Crippen molar-refractivity contribution >= 4 is 15.9 Å². The molecule has 0 aliphatic heterocycles. The normalized spacial score (nSPS) is 11.4. The van der Waals surface area contributed by atoms with Gasteiger partial charge in [0, 0.05) is 26.6 Å². The first-order valence-electron chi connectivity index (χ1n) is 6.82. The zero-order valence-electron chi connectivity index (χ0n) is 12.3. The second-order valence-corrected chi connectivity index (χ2v) is 6.74. The van der Waals surface area contributed by atoms with Crippen LogP contribution in [-0.2, 0) is 21.2 Å². The Morgan fingerprint density at radius 3 is 2.52 bits per heavy atom. The van der Waals surface area contributed by atoms with Crippen LogP contribution in [0.1, 0.15) is 19.4 Å². The van der Waals surface area contributed by atoms with Gasteiger partial charge in [-0.2, -0.15) is 0 Å². The van der Waals surface area contributed by atoms with E-state index in [2.05, 4.69) is 4.72 Å². The van der Waals surface area contributed by atoms with Crippen molar-refractivity contribution < 1.29 is 17.6 Å². The minimum atomic E-state index is -3.26. The molecule has 0 heterocycles. The molecule has 21 heavy (non-hydrogen) atoms. The van der Waals surface area contributed by atoms with Gasteiger partial charge in [0.15, 0.2) is 0 Å². The molecule has 1 rings (SSSR count). The van der Waals surface area contributed by atoms with E-state index >= 15 is 0 Å². The Balaban J connectivity index is 2.51. The molecular weight excluding hydrogens is 295 g/mol. The van der Waals surface area contributed by atoms with Crippen molar-refractivity contribution in [2.45, 2.75) is 20.3 Å². The van der Waals surface area contributed by atoms with Gasteiger partial charge in [0.1, 0.15) is 5.82 Å². The molecule has 0 fully saturated rings. The van der Waals surface area contributed by atoms with Crippen LogP contribution in [0.5, 0.6) is 0 Å². The smallest absolute Gasteiger partial charge is 0.219 e. The second-order valence-electron chi connectivity index (χ2n) is 4.65. The number of hydrogen-bond donors (Lipinski definition) is 1. The molecule has 0 atom stereocenters. The molecule has 0 spiro atoms. The Labute approximate surface area is 125 Å². The third-order valence-corrected chi connectivity index (χ3v) is 4.54. The molecule has 0 aromatic heterocycles. The zero-order valence-corrected chi connectivity index (χ0v) is 13.1. The average molecular weight is 316 g/mol. The summed E-state index contributed by atoms with van der Waals surface area (Å²) < 4.78 is 38.5. The first-order chi connectivity index (χ1) is 9.85. The number of halogens is 1. The van der Waals surface area contributed by atoms with Gasteiger partial charge in [-0.3, -0.25) is 4.79 Å². The van der Waals surface area contributed by atoms with E-state index in [4.69, 9.17) is 0 Å². The highest BCUT2D eigenvalue weighted by Crippen LogP contribution is 2.08. The van der Waals surface area contributed by atoms with Crippen molar-refractivity contribution in [3.63, 3.8) is 0 Å². The number of carbonyl (C=O) groups excluding carboxylic acids is 1. The summed E-state index contributed by atoms with van der Waals surface area (Å²) in [4.78, 5) is 13.0. The number of nitrogens with one attached hydrogen (secondary N) is 1. The lowest BCUT2D eigenvalue weighted by Crippen LogP contribution is -2.39. The van der Waals surface area contributed by atoms with Gasteiger partial charge in [-0.15, -0.1) is 0 Å². The summed E-state index contributed by atoms with van der Waals surface area (Å²) in [6.07, 6.45) is 0.396. The number of benzene rings is 1. The third-order valence-electron chi connectivity index (χ3n) is 3.14. The second kappa shape index (κ2) is 8.09. The molecule has 0 unspecified atom stereocenters. The predicted molar refractivity (Wildman–Crippen MR) is 79.8 cm³/mol. The molecule has 118 valence electrons. The quantitative estimate of drug-likeness (QED) is 0.782. The van der Waals surface area contributed by atoms with E-state index in [1.54, 1.807) is 25.1 Å². The molecule has 7 heteroatoms. The molecule has 0 bridgehead atoms. The highest BCUT2D eigenvalue weighted by atomic mass is 32.2. The predicted octanol–water partition coefficient (Wildman–Crippen LogP) is 1.16. The summed E-state index contributed by atoms with van der Waals surface area (Å²) in [6, 6.07) is 6.41. The molecule has 1 aromatic carbocycles. The van der Waals surface area contributed by atoms with Gasteiger partial charge in [0.2, 0.25) is 15.9 Å². The highest BCUT2D eigenvalue weighted by molar-refractivity contribution is 7.89. The van der Waals surface area contributed by atoms with E-state index in [1.165, 1.54) is 17.9 Å². The Kier molecular flexibility index (Phi) is 6.77. The summed E-state index contributed by atoms with van der Waals surface area (Å²) in [5.74, 6) is -0.461. The number of nitrogens with zero attached hydrogens (tertiary/aromatic N) is 1. The van der Waals surface area contributed by atoms with Crippen molar-refractivity contribution in [2.24, 2.45) is 0 Å². The topological polar surface area (TPSA) is 66.5 Å². The van der Waals surface area contributed by atoms with E-state index in [0.717, 1.165) is 0 Å². The van der Waals surface area contributed by atoms with Gasteiger partial charge < -0.3 is 4.90 Å². The number of sulfonamides is 1. The van der Waals surface area contributed by atoms with Crippen molar-refractivity contribution in [3.05, 3.63) is 35.6 Å². The number of amides is 1. The lowest BCUT2D eigenvalue weighted by atomic mass is 10.1. The average Bonchev–Trinajstić information content (AvgIpc) is 2.43. The molecule has 0 aliphatic rings. The third kappa shape index (κ3) is 6.22. The van der Waals surface area contributed by atoms with E-state index in [1.807, 2.05) is 0 Å². The number of rotatable bonds is 8. The Morgan fingerprint density at radius 2 is 1.95 bits per heavy atom. The minimum Gasteiger partial charge on any atom is -0.341 e. The van der Waals surface area contributed by atoms with E-state index in [-0.39, 0.29) is 30.6 Å². The molecule has 1 aromatic rings. The molecule has 0 saturated heterocycles. The Morgan fingerprint density at radius 1 is 1.29 bits per heavy atom. The summed E-state index contributed by atoms with van der Waals surface area (Å²) >= 11 is 0. The highest BCUT2D eigenvalue weighted by Gasteiger charge is 2.12. The molecular formula is C14H21FN2O3S. The summed E-state index contributed by atoms with van der Waals surface area (Å²) in [5.41, 5.74) is 0.540. The van der Waals surface area contributed by atoms with Gasteiger partial charge in [-0.1, -0.05) is 18.2 Å². The van der Waals surface area contributed by atoms with Gasteiger partial charge >= 0.3 is 0 Å². The molecule has 0 aliphatic carbocycles. The Hall–Kier alpha value is -1.47. The maximum Gasteiger partial charge on any atom is 0.219 e. The van der Waals surface area contributed by atoms with Crippen LogP contribution in [0.25, 0.3) is 0 Å². The fourth-order valence-corrected chi connectivity index (χ4v) is 2.43. The van der Waals surface area contributed by atoms with Crippen LogP contribution in [0.15, 0.2) is 24.3 Å². The first-order valence-corrected chi connectivity index (χ1v) is 8.47. The van der Waals surface area contributed by atoms with Crippen molar-refractivity contribution in [2.75, 3.05) is 25.4 Å². The van der Waals surface area contributed by atoms with Crippen molar-refractivity contribution in [1.29, 1.82) is 0 Å². The van der Waals surface area contributed by atoms with Gasteiger partial charge in [-0.05, 0) is 25.0 Å². The molecule has 0 radical (unpaired) electrons. The van der Waals surface area contributed by atoms with E-state index in [0.29, 0.717) is 18.5 Å². The van der Waals surface area contributed by atoms with Crippen LogP contribution in [0, 0.1) is 5.82 Å². The maximum atomic E-state index is 13.5. The van der Waals surface area contributed by atoms with Crippen LogP contribution in [-0.4, -0.2) is 44.6 Å². The van der Waals surface area contributed by atoms with Gasteiger partial charge in [0.05, 0.1) is 5.75 Å². The Bertz CT molecular complexity index is 575. The van der Waals surface area contributed by atoms with Crippen LogP contribution < -0.4 is 4.72 Å². The first kappa shape index (κ1) is 17.6. The maximum absolute atomic E-state index is 13.5. The largest absolute Gasteiger partial charge is 0.341 e.